The number of nitrogens with two attached hydrogens (primary N) is 1. The summed E-state index contributed by atoms with van der Waals surface area (Å²) in [5, 5.41) is 15.6. The number of nitrogens with zero attached hydrogens (tertiary/aromatic N) is 4. The largest absolute Gasteiger partial charge is 0.387 e. The zero-order chi connectivity index (χ0) is 18.4. The highest BCUT2D eigenvalue weighted by Crippen LogP contribution is 2.41. The van der Waals surface area contributed by atoms with Gasteiger partial charge in [0.25, 0.3) is 0 Å². The van der Waals surface area contributed by atoms with Crippen molar-refractivity contribution in [3.8, 4) is 0 Å². The summed E-state index contributed by atoms with van der Waals surface area (Å²) >= 11 is 6.67. The molecule has 12 heteroatoms. The maximum absolute atomic E-state index is 10.9. The molecule has 2 aromatic rings. The smallest absolute Gasteiger partial charge is 0.211 e. The van der Waals surface area contributed by atoms with E-state index < -0.39 is 28.5 Å². The Morgan fingerprint density at radius 2 is 2.52 bits per heavy atom. The summed E-state index contributed by atoms with van der Waals surface area (Å²) in [5.74, 6) is 0.203. The first-order chi connectivity index (χ1) is 11.6. The molecule has 9 nitrogen and oxygen atoms in total. The van der Waals surface area contributed by atoms with Gasteiger partial charge in [-0.3, -0.25) is 4.57 Å². The Morgan fingerprint density at radius 3 is 3.22 bits per heavy atom. The van der Waals surface area contributed by atoms with Crippen LogP contribution in [-0.4, -0.2) is 56.9 Å². The van der Waals surface area contributed by atoms with Gasteiger partial charge in [0.15, 0.2) is 17.7 Å². The van der Waals surface area contributed by atoms with Gasteiger partial charge in [0, 0.05) is 0 Å². The normalized spacial score (nSPS) is 35.0. The summed E-state index contributed by atoms with van der Waals surface area (Å²) < 4.78 is 24.9. The van der Waals surface area contributed by atoms with E-state index in [1.54, 1.807) is 22.0 Å². The minimum Gasteiger partial charge on any atom is -0.387 e. The van der Waals surface area contributed by atoms with Crippen LogP contribution < -0.4 is 5.73 Å². The molecule has 2 aromatic heterocycles. The van der Waals surface area contributed by atoms with Crippen molar-refractivity contribution in [1.82, 2.24) is 19.5 Å². The van der Waals surface area contributed by atoms with Gasteiger partial charge in [-0.25, -0.2) is 15.0 Å². The highest BCUT2D eigenvalue weighted by atomic mass is 127. The zero-order valence-corrected chi connectivity index (χ0v) is 15.7. The highest BCUT2D eigenvalue weighted by molar-refractivity contribution is 14.2. The van der Waals surface area contributed by atoms with Crippen molar-refractivity contribution in [3.63, 3.8) is 0 Å². The molecule has 0 radical (unpaired) electrons. The number of halogens is 1. The van der Waals surface area contributed by atoms with Crippen LogP contribution in [0, 0.1) is 0 Å². The van der Waals surface area contributed by atoms with Crippen LogP contribution in [0.15, 0.2) is 12.7 Å². The SMILES string of the molecule is [2H]P(=S)(I)OC[C@H]1O[C@@H](n2cnc3c(N)ncnc32)[C@@](C)(O)C1O[3H]. The molecule has 3 heterocycles. The fraction of sp³-hybridized carbons (Fsp3) is 0.545. The van der Waals surface area contributed by atoms with Gasteiger partial charge >= 0.3 is 0 Å². The number of aromatic nitrogens is 4. The lowest BCUT2D eigenvalue weighted by Gasteiger charge is -2.27. The number of hydrogen-bond acceptors (Lipinski definition) is 9. The second kappa shape index (κ2) is 6.47. The first-order valence-electron chi connectivity index (χ1n) is 7.40. The fourth-order valence-corrected chi connectivity index (χ4v) is 3.47. The topological polar surface area (TPSA) is 129 Å². The highest BCUT2D eigenvalue weighted by Gasteiger charge is 2.53. The lowest BCUT2D eigenvalue weighted by atomic mass is 9.96. The molecule has 0 spiro atoms. The molecule has 1 aliphatic heterocycles. The number of ether oxygens (including phenoxy) is 1. The standard InChI is InChI=1S/C11H15IN5O4PS/c1-11(19)7(18)5(2-20-22(12)23)21-10(11)17-4-16-6-8(13)14-3-15-9(6)17/h3-5,7,10,18-19,22H,2H2,1H3,(H2,13,14,15)/t5-,7?,10-,11+/m1/s1/i18T,22D. The summed E-state index contributed by atoms with van der Waals surface area (Å²) in [6.45, 7) is 1.40. The number of rotatable bonds is 5. The second-order valence-corrected chi connectivity index (χ2v) is 11.5. The number of imidazole rings is 1. The molecular formula is C11H15IN5O4PS. The van der Waals surface area contributed by atoms with E-state index in [2.05, 4.69) is 20.1 Å². The number of nitrogen functional groups attached to an aromatic ring is 1. The van der Waals surface area contributed by atoms with Crippen LogP contribution in [0.25, 0.3) is 11.2 Å². The van der Waals surface area contributed by atoms with Crippen molar-refractivity contribution in [2.75, 3.05) is 12.3 Å². The van der Waals surface area contributed by atoms with E-state index in [9.17, 15) is 5.11 Å². The molecule has 23 heavy (non-hydrogen) atoms. The molecule has 3 rings (SSSR count). The first kappa shape index (κ1) is 14.9. The molecule has 0 saturated carbocycles. The number of fused-ring (bicyclic) bond motifs is 1. The lowest BCUT2D eigenvalue weighted by Crippen LogP contribution is -2.44. The predicted octanol–water partition coefficient (Wildman–Crippen LogP) is 0.375. The molecule has 0 aliphatic carbocycles. The summed E-state index contributed by atoms with van der Waals surface area (Å²) in [6.07, 6.45) is -0.0611. The molecule has 1 saturated heterocycles. The molecule has 0 amide bonds. The molecule has 2 unspecified atom stereocenters. The van der Waals surface area contributed by atoms with Gasteiger partial charge in [-0.15, -0.1) is 0 Å². The van der Waals surface area contributed by atoms with Gasteiger partial charge in [0.2, 0.25) is 1.43 Å². The van der Waals surface area contributed by atoms with E-state index in [1.807, 2.05) is 0 Å². The molecule has 0 aromatic carbocycles. The summed E-state index contributed by atoms with van der Waals surface area (Å²) in [5.41, 5.74) is 4.94. The van der Waals surface area contributed by atoms with Crippen molar-refractivity contribution in [3.05, 3.63) is 12.7 Å². The van der Waals surface area contributed by atoms with Crippen molar-refractivity contribution >= 4 is 55.3 Å². The van der Waals surface area contributed by atoms with Gasteiger partial charge in [-0.2, -0.15) is 0 Å². The first-order valence-corrected chi connectivity index (χ1v) is 11.6. The third-order valence-corrected chi connectivity index (χ3v) is 5.20. The fourth-order valence-electron chi connectivity index (χ4n) is 2.54. The molecule has 1 fully saturated rings. The number of anilines is 1. The molecular weight excluding hydrogens is 456 g/mol. The lowest BCUT2D eigenvalue weighted by molar-refractivity contribution is -0.0946. The maximum atomic E-state index is 10.9. The maximum Gasteiger partial charge on any atom is 0.211 e. The Bertz CT molecular complexity index is 836. The summed E-state index contributed by atoms with van der Waals surface area (Å²) in [4.78, 5) is 12.1. The van der Waals surface area contributed by atoms with Crippen LogP contribution in [0.4, 0.5) is 5.82 Å². The van der Waals surface area contributed by atoms with Gasteiger partial charge in [0.05, 0.1) is 12.9 Å². The molecule has 126 valence electrons. The number of hydrogen-bond donors (Lipinski definition) is 3. The van der Waals surface area contributed by atoms with E-state index >= 15 is 0 Å². The van der Waals surface area contributed by atoms with Crippen molar-refractivity contribution in [2.45, 2.75) is 31.0 Å². The average molecular weight is 474 g/mol. The predicted molar refractivity (Wildman–Crippen MR) is 95.9 cm³/mol. The van der Waals surface area contributed by atoms with E-state index in [0.29, 0.717) is 11.2 Å². The third kappa shape index (κ3) is 3.11. The summed E-state index contributed by atoms with van der Waals surface area (Å²) in [6, 6.07) is 0. The van der Waals surface area contributed by atoms with Gasteiger partial charge in [0.1, 0.15) is 35.4 Å². The van der Waals surface area contributed by atoms with Crippen molar-refractivity contribution in [2.24, 2.45) is 0 Å². The van der Waals surface area contributed by atoms with Gasteiger partial charge < -0.3 is 25.2 Å². The van der Waals surface area contributed by atoms with Crippen LogP contribution >= 0.6 is 26.6 Å². The number of aliphatic hydroxyl groups excluding tert-OH is 1. The molecule has 1 aliphatic rings. The van der Waals surface area contributed by atoms with Crippen molar-refractivity contribution in [1.29, 1.82) is 2.71 Å². The van der Waals surface area contributed by atoms with Gasteiger partial charge in [-0.1, -0.05) is 11.8 Å². The Hall–Kier alpha value is -0.430. The zero-order valence-electron chi connectivity index (χ0n) is 13.9. The Balaban J connectivity index is 1.95. The quantitative estimate of drug-likeness (QED) is 0.416. The van der Waals surface area contributed by atoms with Crippen LogP contribution in [0.2, 0.25) is 0 Å². The van der Waals surface area contributed by atoms with Crippen LogP contribution in [0.1, 0.15) is 13.2 Å². The van der Waals surface area contributed by atoms with Crippen LogP contribution in [0.5, 0.6) is 0 Å². The van der Waals surface area contributed by atoms with E-state index in [4.69, 9.17) is 29.5 Å². The van der Waals surface area contributed by atoms with Crippen molar-refractivity contribution < 1.29 is 19.5 Å². The minimum absolute atomic E-state index is 0.0797. The van der Waals surface area contributed by atoms with Gasteiger partial charge in [-0.05, 0) is 29.0 Å². The third-order valence-electron chi connectivity index (χ3n) is 3.70. The monoisotopic (exact) mass is 474 g/mol. The van der Waals surface area contributed by atoms with E-state index in [-0.39, 0.29) is 12.4 Å². The Morgan fingerprint density at radius 1 is 1.74 bits per heavy atom. The molecule has 4 N–H and O–H groups in total. The second-order valence-electron chi connectivity index (χ2n) is 5.26. The molecule has 5 atom stereocenters. The average Bonchev–Trinajstić information content (AvgIpc) is 3.03. The molecule has 0 bridgehead atoms. The van der Waals surface area contributed by atoms with Crippen LogP contribution in [-0.2, 0) is 21.1 Å². The summed E-state index contributed by atoms with van der Waals surface area (Å²) in [7, 11) is 0. The van der Waals surface area contributed by atoms with E-state index in [0.717, 1.165) is 0 Å². The van der Waals surface area contributed by atoms with Crippen LogP contribution in [0.3, 0.4) is 0 Å². The Kier molecular flexibility index (Phi) is 4.18. The Labute approximate surface area is 153 Å². The minimum atomic E-state index is -2.70. The van der Waals surface area contributed by atoms with E-state index in [1.165, 1.54) is 24.1 Å². The number of aliphatic hydroxyl groups is 2.